The van der Waals surface area contributed by atoms with E-state index in [1.165, 1.54) is 12.1 Å². The molecule has 2 atom stereocenters. The number of carbonyl (C=O) groups excluding carboxylic acids is 1. The lowest BCUT2D eigenvalue weighted by Gasteiger charge is -2.17. The lowest BCUT2D eigenvalue weighted by atomic mass is 10.1. The van der Waals surface area contributed by atoms with E-state index in [1.54, 1.807) is 6.07 Å². The van der Waals surface area contributed by atoms with E-state index in [0.29, 0.717) is 5.56 Å². The molecule has 0 aliphatic carbocycles. The Hall–Kier alpha value is -1.13. The minimum atomic E-state index is -0.464. The van der Waals surface area contributed by atoms with E-state index in [-0.39, 0.29) is 23.0 Å². The van der Waals surface area contributed by atoms with Crippen LogP contribution in [0.1, 0.15) is 31.4 Å². The highest BCUT2D eigenvalue weighted by Crippen LogP contribution is 2.20. The van der Waals surface area contributed by atoms with E-state index in [2.05, 4.69) is 10.6 Å². The van der Waals surface area contributed by atoms with Crippen LogP contribution in [0, 0.1) is 5.82 Å². The summed E-state index contributed by atoms with van der Waals surface area (Å²) >= 11 is 5.62. The van der Waals surface area contributed by atoms with Gasteiger partial charge in [-0.25, -0.2) is 4.39 Å². The predicted molar refractivity (Wildman–Crippen MR) is 69.0 cm³/mol. The van der Waals surface area contributed by atoms with Gasteiger partial charge in [0.1, 0.15) is 5.82 Å². The Labute approximate surface area is 111 Å². The summed E-state index contributed by atoms with van der Waals surface area (Å²) in [6.45, 7) is 2.71. The molecule has 1 aromatic rings. The molecule has 1 fully saturated rings. The molecule has 5 heteroatoms. The van der Waals surface area contributed by atoms with E-state index < -0.39 is 5.82 Å². The zero-order valence-electron chi connectivity index (χ0n) is 10.2. The molecule has 2 N–H and O–H groups in total. The molecular weight excluding hydrogens is 255 g/mol. The van der Waals surface area contributed by atoms with Gasteiger partial charge in [0.2, 0.25) is 5.91 Å². The average Bonchev–Trinajstić information content (AvgIpc) is 2.86. The largest absolute Gasteiger partial charge is 0.348 e. The highest BCUT2D eigenvalue weighted by Gasteiger charge is 2.23. The first-order chi connectivity index (χ1) is 8.58. The molecule has 1 aliphatic rings. The molecule has 0 spiro atoms. The second-order valence-electron chi connectivity index (χ2n) is 4.55. The maximum absolute atomic E-state index is 13.3. The first-order valence-electron chi connectivity index (χ1n) is 6.06. The van der Waals surface area contributed by atoms with Crippen molar-refractivity contribution in [3.63, 3.8) is 0 Å². The van der Waals surface area contributed by atoms with Gasteiger partial charge in [-0.3, -0.25) is 4.79 Å². The van der Waals surface area contributed by atoms with Crippen LogP contribution in [0.3, 0.4) is 0 Å². The monoisotopic (exact) mass is 270 g/mol. The molecule has 98 valence electrons. The molecule has 1 aromatic carbocycles. The van der Waals surface area contributed by atoms with Gasteiger partial charge in [0.25, 0.3) is 0 Å². The standard InChI is InChI=1S/C13H16ClFN2O/c1-8(9-4-5-10(14)11(15)7-9)17-13(18)12-3-2-6-16-12/h4-5,7-8,12,16H,2-3,6H2,1H3,(H,17,18)/t8-,12+/m1/s1. The van der Waals surface area contributed by atoms with Crippen LogP contribution in [-0.4, -0.2) is 18.5 Å². The average molecular weight is 271 g/mol. The van der Waals surface area contributed by atoms with Gasteiger partial charge >= 0.3 is 0 Å². The van der Waals surface area contributed by atoms with Crippen molar-refractivity contribution < 1.29 is 9.18 Å². The summed E-state index contributed by atoms with van der Waals surface area (Å²) in [5, 5.41) is 6.09. The Kier molecular flexibility index (Phi) is 4.19. The van der Waals surface area contributed by atoms with Gasteiger partial charge in [0.15, 0.2) is 0 Å². The van der Waals surface area contributed by atoms with Gasteiger partial charge in [-0.1, -0.05) is 17.7 Å². The van der Waals surface area contributed by atoms with Gasteiger partial charge in [-0.05, 0) is 44.0 Å². The number of rotatable bonds is 3. The van der Waals surface area contributed by atoms with E-state index in [1.807, 2.05) is 6.92 Å². The maximum atomic E-state index is 13.3. The molecule has 0 unspecified atom stereocenters. The number of hydrogen-bond acceptors (Lipinski definition) is 2. The molecular formula is C13H16ClFN2O. The minimum Gasteiger partial charge on any atom is -0.348 e. The van der Waals surface area contributed by atoms with Crippen LogP contribution < -0.4 is 10.6 Å². The van der Waals surface area contributed by atoms with Crippen LogP contribution >= 0.6 is 11.6 Å². The number of nitrogens with one attached hydrogen (secondary N) is 2. The molecule has 18 heavy (non-hydrogen) atoms. The van der Waals surface area contributed by atoms with Crippen molar-refractivity contribution in [1.82, 2.24) is 10.6 Å². The molecule has 0 saturated carbocycles. The summed E-state index contributed by atoms with van der Waals surface area (Å²) in [7, 11) is 0. The fourth-order valence-electron chi connectivity index (χ4n) is 2.09. The fourth-order valence-corrected chi connectivity index (χ4v) is 2.20. The second-order valence-corrected chi connectivity index (χ2v) is 4.96. The summed E-state index contributed by atoms with van der Waals surface area (Å²) in [4.78, 5) is 11.9. The number of carbonyl (C=O) groups is 1. The van der Waals surface area contributed by atoms with Gasteiger partial charge in [0.05, 0.1) is 17.1 Å². The lowest BCUT2D eigenvalue weighted by molar-refractivity contribution is -0.123. The van der Waals surface area contributed by atoms with Crippen LogP contribution in [0.2, 0.25) is 5.02 Å². The van der Waals surface area contributed by atoms with Crippen molar-refractivity contribution >= 4 is 17.5 Å². The predicted octanol–water partition coefficient (Wildman–Crippen LogP) is 2.41. The Morgan fingerprint density at radius 1 is 1.61 bits per heavy atom. The van der Waals surface area contributed by atoms with Crippen molar-refractivity contribution in [2.75, 3.05) is 6.54 Å². The van der Waals surface area contributed by atoms with Crippen molar-refractivity contribution in [3.8, 4) is 0 Å². The Morgan fingerprint density at radius 2 is 2.39 bits per heavy atom. The van der Waals surface area contributed by atoms with E-state index in [9.17, 15) is 9.18 Å². The highest BCUT2D eigenvalue weighted by atomic mass is 35.5. The number of halogens is 2. The third-order valence-corrected chi connectivity index (χ3v) is 3.49. The topological polar surface area (TPSA) is 41.1 Å². The van der Waals surface area contributed by atoms with E-state index >= 15 is 0 Å². The molecule has 1 saturated heterocycles. The van der Waals surface area contributed by atoms with Gasteiger partial charge < -0.3 is 10.6 Å². The summed E-state index contributed by atoms with van der Waals surface area (Å²) < 4.78 is 13.3. The minimum absolute atomic E-state index is 0.0321. The third-order valence-electron chi connectivity index (χ3n) is 3.18. The van der Waals surface area contributed by atoms with Gasteiger partial charge in [0, 0.05) is 0 Å². The number of benzene rings is 1. The zero-order valence-corrected chi connectivity index (χ0v) is 10.9. The Bertz CT molecular complexity index is 447. The smallest absolute Gasteiger partial charge is 0.237 e. The maximum Gasteiger partial charge on any atom is 0.237 e. The molecule has 3 nitrogen and oxygen atoms in total. The first-order valence-corrected chi connectivity index (χ1v) is 6.44. The quantitative estimate of drug-likeness (QED) is 0.886. The highest BCUT2D eigenvalue weighted by molar-refractivity contribution is 6.30. The van der Waals surface area contributed by atoms with E-state index in [4.69, 9.17) is 11.6 Å². The van der Waals surface area contributed by atoms with Crippen molar-refractivity contribution in [3.05, 3.63) is 34.6 Å². The SMILES string of the molecule is C[C@@H](NC(=O)[C@@H]1CCCN1)c1ccc(Cl)c(F)c1. The number of hydrogen-bond donors (Lipinski definition) is 2. The molecule has 1 aliphatic heterocycles. The summed E-state index contributed by atoms with van der Waals surface area (Å²) in [5.74, 6) is -0.496. The van der Waals surface area contributed by atoms with Crippen LogP contribution in [0.5, 0.6) is 0 Å². The lowest BCUT2D eigenvalue weighted by Crippen LogP contribution is -2.41. The van der Waals surface area contributed by atoms with Crippen LogP contribution in [0.25, 0.3) is 0 Å². The van der Waals surface area contributed by atoms with Gasteiger partial charge in [-0.15, -0.1) is 0 Å². The molecule has 1 heterocycles. The van der Waals surface area contributed by atoms with Crippen LogP contribution in [0.15, 0.2) is 18.2 Å². The second kappa shape index (κ2) is 5.67. The zero-order chi connectivity index (χ0) is 13.1. The van der Waals surface area contributed by atoms with Crippen molar-refractivity contribution in [2.45, 2.75) is 31.8 Å². The molecule has 2 rings (SSSR count). The Morgan fingerprint density at radius 3 is 3.00 bits per heavy atom. The van der Waals surface area contributed by atoms with E-state index in [0.717, 1.165) is 19.4 Å². The molecule has 0 aromatic heterocycles. The normalized spacial score (nSPS) is 20.7. The summed E-state index contributed by atoms with van der Waals surface area (Å²) in [6.07, 6.45) is 1.87. The first kappa shape index (κ1) is 13.3. The summed E-state index contributed by atoms with van der Waals surface area (Å²) in [6, 6.07) is 4.23. The number of amides is 1. The molecule has 0 radical (unpaired) electrons. The van der Waals surface area contributed by atoms with Gasteiger partial charge in [-0.2, -0.15) is 0 Å². The van der Waals surface area contributed by atoms with Crippen molar-refractivity contribution in [2.24, 2.45) is 0 Å². The third kappa shape index (κ3) is 3.00. The van der Waals surface area contributed by atoms with Crippen LogP contribution in [-0.2, 0) is 4.79 Å². The molecule has 0 bridgehead atoms. The molecule has 1 amide bonds. The summed E-state index contributed by atoms with van der Waals surface area (Å²) in [5.41, 5.74) is 0.711. The fraction of sp³-hybridized carbons (Fsp3) is 0.462. The van der Waals surface area contributed by atoms with Crippen LogP contribution in [0.4, 0.5) is 4.39 Å². The van der Waals surface area contributed by atoms with Crippen molar-refractivity contribution in [1.29, 1.82) is 0 Å². The Balaban J connectivity index is 2.00.